The second kappa shape index (κ2) is 12.7. The first-order valence-corrected chi connectivity index (χ1v) is 15.3. The predicted octanol–water partition coefficient (Wildman–Crippen LogP) is 8.00. The fraction of sp³-hybridized carbons (Fsp3) is 0.444. The molecule has 42 heavy (non-hydrogen) atoms. The minimum atomic E-state index is -0.335. The van der Waals surface area contributed by atoms with Crippen LogP contribution in [0.4, 0.5) is 10.1 Å². The van der Waals surface area contributed by atoms with Crippen LogP contribution in [0.3, 0.4) is 0 Å². The van der Waals surface area contributed by atoms with Gasteiger partial charge in [0.15, 0.2) is 11.6 Å². The van der Waals surface area contributed by atoms with Gasteiger partial charge in [0.2, 0.25) is 0 Å². The van der Waals surface area contributed by atoms with E-state index in [2.05, 4.69) is 49.3 Å². The summed E-state index contributed by atoms with van der Waals surface area (Å²) in [6.07, 6.45) is 6.16. The lowest BCUT2D eigenvalue weighted by molar-refractivity contribution is 0.101. The monoisotopic (exact) mass is 572 g/mol. The molecule has 0 amide bonds. The van der Waals surface area contributed by atoms with Gasteiger partial charge < -0.3 is 24.4 Å². The molecular formula is C36H45FN2O3. The fourth-order valence-electron chi connectivity index (χ4n) is 6.75. The summed E-state index contributed by atoms with van der Waals surface area (Å²) in [5.74, 6) is 1.44. The zero-order valence-corrected chi connectivity index (χ0v) is 25.6. The molecule has 1 fully saturated rings. The molecule has 1 saturated heterocycles. The first-order valence-electron chi connectivity index (χ1n) is 15.3. The van der Waals surface area contributed by atoms with Crippen molar-refractivity contribution in [1.82, 2.24) is 4.90 Å². The van der Waals surface area contributed by atoms with Crippen molar-refractivity contribution in [2.75, 3.05) is 31.7 Å². The minimum absolute atomic E-state index is 0.0493. The quantitative estimate of drug-likeness (QED) is 0.267. The maximum absolute atomic E-state index is 15.2. The molecule has 2 aliphatic rings. The van der Waals surface area contributed by atoms with Gasteiger partial charge in [0, 0.05) is 36.1 Å². The Hall–Kier alpha value is -3.67. The number of halogens is 1. The summed E-state index contributed by atoms with van der Waals surface area (Å²) in [7, 11) is 1.69. The number of phenols is 1. The van der Waals surface area contributed by atoms with E-state index >= 15 is 4.39 Å². The zero-order valence-electron chi connectivity index (χ0n) is 25.6. The summed E-state index contributed by atoms with van der Waals surface area (Å²) < 4.78 is 26.8. The molecule has 0 aromatic heterocycles. The molecule has 1 N–H and O–H groups in total. The summed E-state index contributed by atoms with van der Waals surface area (Å²) in [4.78, 5) is 4.60. The summed E-state index contributed by atoms with van der Waals surface area (Å²) in [5.41, 5.74) is 7.00. The van der Waals surface area contributed by atoms with E-state index in [1.165, 1.54) is 16.7 Å². The number of aryl methyl sites for hydroxylation is 1. The molecule has 0 saturated carbocycles. The first kappa shape index (κ1) is 29.8. The molecule has 1 atom stereocenters. The molecule has 5 rings (SSSR count). The lowest BCUT2D eigenvalue weighted by Crippen LogP contribution is -2.47. The van der Waals surface area contributed by atoms with Gasteiger partial charge in [-0.25, -0.2) is 4.39 Å². The molecule has 3 aromatic rings. The molecular weight excluding hydrogens is 527 g/mol. The number of aromatic hydroxyl groups is 1. The van der Waals surface area contributed by atoms with Crippen molar-refractivity contribution >= 4 is 5.69 Å². The van der Waals surface area contributed by atoms with Crippen LogP contribution in [-0.4, -0.2) is 42.4 Å². The Bertz CT molecular complexity index is 1420. The van der Waals surface area contributed by atoms with Gasteiger partial charge in [-0.05, 0) is 118 Å². The number of fused-ring (bicyclic) bond motifs is 1. The normalized spacial score (nSPS) is 18.0. The van der Waals surface area contributed by atoms with Crippen LogP contribution in [0.15, 0.2) is 66.9 Å². The summed E-state index contributed by atoms with van der Waals surface area (Å²) in [6.45, 7) is 13.3. The van der Waals surface area contributed by atoms with E-state index in [9.17, 15) is 5.11 Å². The van der Waals surface area contributed by atoms with Crippen LogP contribution in [-0.2, 0) is 19.4 Å². The van der Waals surface area contributed by atoms with Crippen molar-refractivity contribution in [2.45, 2.75) is 77.3 Å². The Morgan fingerprint density at radius 1 is 1.07 bits per heavy atom. The highest BCUT2D eigenvalue weighted by molar-refractivity contribution is 5.60. The molecule has 1 unspecified atom stereocenters. The number of hydrogen-bond donors (Lipinski definition) is 1. The van der Waals surface area contributed by atoms with Crippen LogP contribution in [0.5, 0.6) is 17.2 Å². The average molecular weight is 573 g/mol. The van der Waals surface area contributed by atoms with Crippen LogP contribution in [0.25, 0.3) is 0 Å². The zero-order chi connectivity index (χ0) is 29.9. The molecule has 6 heteroatoms. The maximum Gasteiger partial charge on any atom is 0.165 e. The molecule has 0 radical (unpaired) electrons. The van der Waals surface area contributed by atoms with Crippen molar-refractivity contribution in [3.8, 4) is 17.2 Å². The number of benzene rings is 3. The van der Waals surface area contributed by atoms with Crippen molar-refractivity contribution in [3.63, 3.8) is 0 Å². The molecule has 3 aromatic carbocycles. The maximum atomic E-state index is 15.2. The Morgan fingerprint density at radius 2 is 1.90 bits per heavy atom. The molecule has 5 nitrogen and oxygen atoms in total. The number of likely N-dealkylation sites (tertiary alicyclic amines) is 1. The van der Waals surface area contributed by atoms with Crippen molar-refractivity contribution in [1.29, 1.82) is 0 Å². The van der Waals surface area contributed by atoms with E-state index in [0.29, 0.717) is 31.4 Å². The number of anilines is 1. The van der Waals surface area contributed by atoms with Crippen molar-refractivity contribution in [2.24, 2.45) is 0 Å². The third-order valence-corrected chi connectivity index (χ3v) is 9.13. The van der Waals surface area contributed by atoms with Crippen LogP contribution >= 0.6 is 0 Å². The standard InChI is InChI=1S/C36H45FN2O3/c1-6-38(24-26-9-16-35(33(37)20-26)42-19-18-39-25(2)8-7-17-36(39,3)4)34-23-31(41-5)14-15-32(34)29-11-10-28-22-30(40)13-12-27(28)21-29/h9,12-16,20,22-23,29,40H,2,6-8,10-11,17-19,21,24H2,1,3-5H3. The third-order valence-electron chi connectivity index (χ3n) is 9.13. The number of hydrogen-bond acceptors (Lipinski definition) is 5. The molecule has 0 bridgehead atoms. The molecule has 1 aliphatic heterocycles. The number of allylic oxidation sites excluding steroid dienone is 1. The lowest BCUT2D eigenvalue weighted by atomic mass is 9.79. The van der Waals surface area contributed by atoms with E-state index < -0.39 is 0 Å². The van der Waals surface area contributed by atoms with Crippen LogP contribution < -0.4 is 14.4 Å². The number of ether oxygens (including phenoxy) is 2. The van der Waals surface area contributed by atoms with Gasteiger partial charge in [0.25, 0.3) is 0 Å². The largest absolute Gasteiger partial charge is 0.508 e. The van der Waals surface area contributed by atoms with Gasteiger partial charge in [-0.2, -0.15) is 0 Å². The number of rotatable bonds is 10. The highest BCUT2D eigenvalue weighted by atomic mass is 19.1. The lowest BCUT2D eigenvalue weighted by Gasteiger charge is -2.45. The SMILES string of the molecule is C=C1CCCC(C)(C)N1CCOc1ccc(CN(CC)c2cc(OC)ccc2C2CCc3cc(O)ccc3C2)cc1F. The highest BCUT2D eigenvalue weighted by Crippen LogP contribution is 2.40. The minimum Gasteiger partial charge on any atom is -0.508 e. The van der Waals surface area contributed by atoms with E-state index in [0.717, 1.165) is 67.8 Å². The Kier molecular flexibility index (Phi) is 9.00. The van der Waals surface area contributed by atoms with Crippen LogP contribution in [0, 0.1) is 5.82 Å². The number of piperidine rings is 1. The van der Waals surface area contributed by atoms with Gasteiger partial charge >= 0.3 is 0 Å². The van der Waals surface area contributed by atoms with Gasteiger partial charge in [-0.15, -0.1) is 0 Å². The molecule has 224 valence electrons. The third kappa shape index (κ3) is 6.53. The second-order valence-corrected chi connectivity index (χ2v) is 12.3. The molecule has 1 aliphatic carbocycles. The van der Waals surface area contributed by atoms with Gasteiger partial charge in [-0.1, -0.05) is 24.8 Å². The predicted molar refractivity (Wildman–Crippen MR) is 168 cm³/mol. The Labute approximate surface area is 250 Å². The first-order chi connectivity index (χ1) is 20.2. The molecule has 1 heterocycles. The topological polar surface area (TPSA) is 45.2 Å². The fourth-order valence-corrected chi connectivity index (χ4v) is 6.75. The van der Waals surface area contributed by atoms with Gasteiger partial charge in [0.05, 0.1) is 13.7 Å². The van der Waals surface area contributed by atoms with E-state index in [1.807, 2.05) is 24.3 Å². The van der Waals surface area contributed by atoms with E-state index in [1.54, 1.807) is 25.3 Å². The number of phenolic OH excluding ortho intramolecular Hbond substituents is 1. The van der Waals surface area contributed by atoms with Gasteiger partial charge in [-0.3, -0.25) is 0 Å². The smallest absolute Gasteiger partial charge is 0.165 e. The number of methoxy groups -OCH3 is 1. The van der Waals surface area contributed by atoms with E-state index in [4.69, 9.17) is 9.47 Å². The van der Waals surface area contributed by atoms with Gasteiger partial charge in [0.1, 0.15) is 18.1 Å². The summed E-state index contributed by atoms with van der Waals surface area (Å²) in [5, 5.41) is 9.92. The van der Waals surface area contributed by atoms with Crippen LogP contribution in [0.2, 0.25) is 0 Å². The van der Waals surface area contributed by atoms with Crippen LogP contribution in [0.1, 0.15) is 74.6 Å². The Balaban J connectivity index is 1.30. The van der Waals surface area contributed by atoms with E-state index in [-0.39, 0.29) is 17.1 Å². The average Bonchev–Trinajstić information content (AvgIpc) is 2.97. The summed E-state index contributed by atoms with van der Waals surface area (Å²) in [6, 6.07) is 17.4. The summed E-state index contributed by atoms with van der Waals surface area (Å²) >= 11 is 0. The highest BCUT2D eigenvalue weighted by Gasteiger charge is 2.31. The Morgan fingerprint density at radius 3 is 2.64 bits per heavy atom. The number of nitrogens with zero attached hydrogens (tertiary/aromatic N) is 2. The van der Waals surface area contributed by atoms with Crippen molar-refractivity contribution < 1.29 is 19.0 Å². The van der Waals surface area contributed by atoms with Crippen molar-refractivity contribution in [3.05, 3.63) is 94.9 Å². The molecule has 0 spiro atoms. The second-order valence-electron chi connectivity index (χ2n) is 12.3.